The summed E-state index contributed by atoms with van der Waals surface area (Å²) in [4.78, 5) is 12.0. The third kappa shape index (κ3) is 5.36. The highest BCUT2D eigenvalue weighted by atomic mass is 32.2. The van der Waals surface area contributed by atoms with Gasteiger partial charge in [0, 0.05) is 32.7 Å². The molecule has 0 unspecified atom stereocenters. The molecule has 0 heterocycles. The van der Waals surface area contributed by atoms with Gasteiger partial charge in [-0.15, -0.1) is 0 Å². The van der Waals surface area contributed by atoms with Gasteiger partial charge in [-0.05, 0) is 42.8 Å². The van der Waals surface area contributed by atoms with Crippen LogP contribution in [0.15, 0.2) is 52.3 Å². The van der Waals surface area contributed by atoms with Gasteiger partial charge in [0.15, 0.2) is 0 Å². The average molecular weight is 456 g/mol. The minimum Gasteiger partial charge on any atom is -0.495 e. The molecule has 0 aliphatic rings. The maximum atomic E-state index is 12.8. The van der Waals surface area contributed by atoms with Gasteiger partial charge in [0.2, 0.25) is 20.0 Å². The molecule has 2 N–H and O–H groups in total. The van der Waals surface area contributed by atoms with Crippen LogP contribution in [0.5, 0.6) is 5.75 Å². The maximum absolute atomic E-state index is 12.8. The molecule has 0 aliphatic heterocycles. The standard InChI is InChI=1S/C19H25N3O6S2/c1-5-20-19(23)15-8-11-17(28-4)18(12-15)29(24,25)21-13-14-6-9-16(10-7-14)30(26,27)22(2)3/h6-12,21H,5,13H2,1-4H3,(H,20,23). The van der Waals surface area contributed by atoms with E-state index >= 15 is 0 Å². The number of nitrogens with one attached hydrogen (secondary N) is 2. The van der Waals surface area contributed by atoms with Gasteiger partial charge < -0.3 is 10.1 Å². The Morgan fingerprint density at radius 1 is 1.03 bits per heavy atom. The number of amides is 1. The largest absolute Gasteiger partial charge is 0.495 e. The fourth-order valence-electron chi connectivity index (χ4n) is 2.54. The monoisotopic (exact) mass is 455 g/mol. The summed E-state index contributed by atoms with van der Waals surface area (Å²) in [5, 5.41) is 2.61. The minimum absolute atomic E-state index is 0.0703. The van der Waals surface area contributed by atoms with Gasteiger partial charge in [0.1, 0.15) is 10.6 Å². The molecule has 2 aromatic carbocycles. The Balaban J connectivity index is 2.25. The molecule has 0 aromatic heterocycles. The molecular weight excluding hydrogens is 430 g/mol. The van der Waals surface area contributed by atoms with E-state index in [1.807, 2.05) is 0 Å². The van der Waals surface area contributed by atoms with Crippen molar-refractivity contribution in [1.29, 1.82) is 0 Å². The lowest BCUT2D eigenvalue weighted by atomic mass is 10.2. The third-order valence-electron chi connectivity index (χ3n) is 4.22. The van der Waals surface area contributed by atoms with Gasteiger partial charge in [-0.3, -0.25) is 4.79 Å². The lowest BCUT2D eigenvalue weighted by Gasteiger charge is -2.13. The fraction of sp³-hybridized carbons (Fsp3) is 0.316. The molecule has 30 heavy (non-hydrogen) atoms. The van der Waals surface area contributed by atoms with Gasteiger partial charge in [-0.25, -0.2) is 25.9 Å². The lowest BCUT2D eigenvalue weighted by Crippen LogP contribution is -2.26. The molecule has 0 saturated heterocycles. The van der Waals surface area contributed by atoms with Gasteiger partial charge in [0.25, 0.3) is 5.91 Å². The van der Waals surface area contributed by atoms with E-state index in [1.54, 1.807) is 6.92 Å². The van der Waals surface area contributed by atoms with E-state index in [1.165, 1.54) is 63.7 Å². The van der Waals surface area contributed by atoms with Crippen LogP contribution in [-0.4, -0.2) is 54.8 Å². The first-order valence-corrected chi connectivity index (χ1v) is 11.9. The van der Waals surface area contributed by atoms with Crippen molar-refractivity contribution in [3.63, 3.8) is 0 Å². The molecule has 0 fully saturated rings. The number of ether oxygens (including phenoxy) is 1. The first-order chi connectivity index (χ1) is 14.0. The molecule has 9 nitrogen and oxygen atoms in total. The van der Waals surface area contributed by atoms with E-state index in [0.717, 1.165) is 4.31 Å². The first kappa shape index (κ1) is 23.8. The number of carbonyl (C=O) groups is 1. The van der Waals surface area contributed by atoms with Crippen molar-refractivity contribution in [1.82, 2.24) is 14.3 Å². The normalized spacial score (nSPS) is 12.0. The van der Waals surface area contributed by atoms with Crippen LogP contribution in [0.4, 0.5) is 0 Å². The number of rotatable bonds is 9. The predicted molar refractivity (Wildman–Crippen MR) is 112 cm³/mol. The van der Waals surface area contributed by atoms with E-state index in [2.05, 4.69) is 10.0 Å². The zero-order chi connectivity index (χ0) is 22.5. The number of sulfonamides is 2. The zero-order valence-corrected chi connectivity index (χ0v) is 18.8. The summed E-state index contributed by atoms with van der Waals surface area (Å²) in [6.45, 7) is 2.10. The summed E-state index contributed by atoms with van der Waals surface area (Å²) in [6.07, 6.45) is 0. The second kappa shape index (κ2) is 9.56. The molecule has 0 bridgehead atoms. The van der Waals surface area contributed by atoms with Crippen molar-refractivity contribution in [2.75, 3.05) is 27.7 Å². The van der Waals surface area contributed by atoms with Crippen LogP contribution in [0.2, 0.25) is 0 Å². The molecule has 0 spiro atoms. The van der Waals surface area contributed by atoms with E-state index in [-0.39, 0.29) is 27.6 Å². The van der Waals surface area contributed by atoms with E-state index in [0.29, 0.717) is 12.1 Å². The lowest BCUT2D eigenvalue weighted by molar-refractivity contribution is 0.0955. The van der Waals surface area contributed by atoms with Gasteiger partial charge in [-0.1, -0.05) is 12.1 Å². The Morgan fingerprint density at radius 3 is 2.20 bits per heavy atom. The second-order valence-corrected chi connectivity index (χ2v) is 10.4. The quantitative estimate of drug-likeness (QED) is 0.585. The number of nitrogens with zero attached hydrogens (tertiary/aromatic N) is 1. The molecule has 2 rings (SSSR count). The number of methoxy groups -OCH3 is 1. The van der Waals surface area contributed by atoms with E-state index < -0.39 is 26.0 Å². The zero-order valence-electron chi connectivity index (χ0n) is 17.2. The summed E-state index contributed by atoms with van der Waals surface area (Å²) >= 11 is 0. The molecule has 0 saturated carbocycles. The highest BCUT2D eigenvalue weighted by molar-refractivity contribution is 7.89. The SMILES string of the molecule is CCNC(=O)c1ccc(OC)c(S(=O)(=O)NCc2ccc(S(=O)(=O)N(C)C)cc2)c1. The predicted octanol–water partition coefficient (Wildman–Crippen LogP) is 1.17. The molecule has 11 heteroatoms. The van der Waals surface area contributed by atoms with E-state index in [9.17, 15) is 21.6 Å². The molecule has 2 aromatic rings. The average Bonchev–Trinajstić information content (AvgIpc) is 2.72. The minimum atomic E-state index is -4.01. The summed E-state index contributed by atoms with van der Waals surface area (Å²) in [5.41, 5.74) is 0.756. The van der Waals surface area contributed by atoms with Crippen molar-refractivity contribution in [3.05, 3.63) is 53.6 Å². The smallest absolute Gasteiger partial charge is 0.251 e. The molecule has 0 radical (unpaired) electrons. The first-order valence-electron chi connectivity index (χ1n) is 9.00. The molecule has 164 valence electrons. The Hall–Kier alpha value is -2.47. The molecular formula is C19H25N3O6S2. The van der Waals surface area contributed by atoms with Crippen molar-refractivity contribution in [2.24, 2.45) is 0 Å². The van der Waals surface area contributed by atoms with Crippen LogP contribution in [0.1, 0.15) is 22.8 Å². The Bertz CT molecular complexity index is 1110. The van der Waals surface area contributed by atoms with Crippen molar-refractivity contribution in [2.45, 2.75) is 23.3 Å². The van der Waals surface area contributed by atoms with Gasteiger partial charge >= 0.3 is 0 Å². The summed E-state index contributed by atoms with van der Waals surface area (Å²) < 4.78 is 58.5. The highest BCUT2D eigenvalue weighted by Crippen LogP contribution is 2.25. The number of benzene rings is 2. The van der Waals surface area contributed by atoms with Crippen molar-refractivity contribution >= 4 is 26.0 Å². The Kier molecular flexibility index (Phi) is 7.59. The van der Waals surface area contributed by atoms with Crippen LogP contribution in [0.25, 0.3) is 0 Å². The molecule has 0 atom stereocenters. The van der Waals surface area contributed by atoms with Gasteiger partial charge in [0.05, 0.1) is 12.0 Å². The topological polar surface area (TPSA) is 122 Å². The highest BCUT2D eigenvalue weighted by Gasteiger charge is 2.22. The Labute approximate surface area is 177 Å². The van der Waals surface area contributed by atoms with Crippen molar-refractivity contribution < 1.29 is 26.4 Å². The van der Waals surface area contributed by atoms with Crippen molar-refractivity contribution in [3.8, 4) is 5.75 Å². The maximum Gasteiger partial charge on any atom is 0.251 e. The number of hydrogen-bond donors (Lipinski definition) is 2. The number of carbonyl (C=O) groups excluding carboxylic acids is 1. The fourth-order valence-corrected chi connectivity index (χ4v) is 4.65. The van der Waals surface area contributed by atoms with E-state index in [4.69, 9.17) is 4.74 Å². The van der Waals surface area contributed by atoms with Crippen LogP contribution in [0.3, 0.4) is 0 Å². The van der Waals surface area contributed by atoms with Crippen LogP contribution in [0, 0.1) is 0 Å². The van der Waals surface area contributed by atoms with Crippen LogP contribution in [-0.2, 0) is 26.6 Å². The van der Waals surface area contributed by atoms with Crippen LogP contribution < -0.4 is 14.8 Å². The second-order valence-electron chi connectivity index (χ2n) is 6.48. The van der Waals surface area contributed by atoms with Crippen LogP contribution >= 0.6 is 0 Å². The summed E-state index contributed by atoms with van der Waals surface area (Å²) in [5.74, 6) is -0.294. The summed E-state index contributed by atoms with van der Waals surface area (Å²) in [7, 11) is -3.37. The number of hydrogen-bond acceptors (Lipinski definition) is 6. The summed E-state index contributed by atoms with van der Waals surface area (Å²) in [6, 6.07) is 10.0. The molecule has 0 aliphatic carbocycles. The van der Waals surface area contributed by atoms with Gasteiger partial charge in [-0.2, -0.15) is 0 Å². The third-order valence-corrected chi connectivity index (χ3v) is 7.47. The Morgan fingerprint density at radius 2 is 1.67 bits per heavy atom. The molecule has 1 amide bonds.